The summed E-state index contributed by atoms with van der Waals surface area (Å²) in [5.74, 6) is -3.66. The van der Waals surface area contributed by atoms with Crippen LogP contribution in [0.3, 0.4) is 0 Å². The Bertz CT molecular complexity index is 1050. The molecule has 0 saturated heterocycles. The quantitative estimate of drug-likeness (QED) is 0.635. The number of esters is 1. The molecule has 1 aromatic heterocycles. The minimum atomic E-state index is -1.26. The van der Waals surface area contributed by atoms with Crippen LogP contribution in [0.15, 0.2) is 54.6 Å². The SMILES string of the molecule is CC(C)(C)c1cc(NC(=O)COC(=O)c2c(F)cccc2F)n(-c2ccccc2)n1. The first-order valence-corrected chi connectivity index (χ1v) is 9.24. The Balaban J connectivity index is 1.76. The molecule has 0 fully saturated rings. The first kappa shape index (κ1) is 21.2. The third-order valence-electron chi connectivity index (χ3n) is 4.25. The van der Waals surface area contributed by atoms with Crippen molar-refractivity contribution in [3.05, 3.63) is 77.5 Å². The van der Waals surface area contributed by atoms with E-state index in [-0.39, 0.29) is 5.41 Å². The Morgan fingerprint density at radius 3 is 2.27 bits per heavy atom. The molecular weight excluding hydrogens is 392 g/mol. The fraction of sp³-hybridized carbons (Fsp3) is 0.227. The number of hydrogen-bond donors (Lipinski definition) is 1. The summed E-state index contributed by atoms with van der Waals surface area (Å²) in [4.78, 5) is 24.3. The number of nitrogens with one attached hydrogen (secondary N) is 1. The maximum absolute atomic E-state index is 13.7. The third-order valence-corrected chi connectivity index (χ3v) is 4.25. The van der Waals surface area contributed by atoms with Crippen LogP contribution in [0, 0.1) is 11.6 Å². The molecule has 0 spiro atoms. The van der Waals surface area contributed by atoms with Crippen molar-refractivity contribution in [3.8, 4) is 5.69 Å². The van der Waals surface area contributed by atoms with Crippen LogP contribution in [0.4, 0.5) is 14.6 Å². The maximum Gasteiger partial charge on any atom is 0.344 e. The van der Waals surface area contributed by atoms with Gasteiger partial charge in [0.05, 0.1) is 11.4 Å². The monoisotopic (exact) mass is 413 g/mol. The summed E-state index contributed by atoms with van der Waals surface area (Å²) in [7, 11) is 0. The molecule has 0 saturated carbocycles. The van der Waals surface area contributed by atoms with Gasteiger partial charge >= 0.3 is 5.97 Å². The number of nitrogens with zero attached hydrogens (tertiary/aromatic N) is 2. The van der Waals surface area contributed by atoms with Crippen molar-refractivity contribution in [2.45, 2.75) is 26.2 Å². The molecule has 1 heterocycles. The average Bonchev–Trinajstić information content (AvgIpc) is 3.11. The fourth-order valence-electron chi connectivity index (χ4n) is 2.68. The van der Waals surface area contributed by atoms with Gasteiger partial charge in [-0.25, -0.2) is 18.3 Å². The molecule has 1 N–H and O–H groups in total. The number of halogens is 2. The Hall–Kier alpha value is -3.55. The normalized spacial score (nSPS) is 11.2. The van der Waals surface area contributed by atoms with Gasteiger partial charge in [0.15, 0.2) is 6.61 Å². The minimum Gasteiger partial charge on any atom is -0.452 e. The van der Waals surface area contributed by atoms with Crippen molar-refractivity contribution in [1.29, 1.82) is 0 Å². The van der Waals surface area contributed by atoms with Gasteiger partial charge in [0.25, 0.3) is 5.91 Å². The molecule has 0 atom stereocenters. The largest absolute Gasteiger partial charge is 0.452 e. The first-order chi connectivity index (χ1) is 14.2. The van der Waals surface area contributed by atoms with Crippen LogP contribution >= 0.6 is 0 Å². The lowest BCUT2D eigenvalue weighted by Crippen LogP contribution is -2.23. The molecule has 0 radical (unpaired) electrons. The molecule has 30 heavy (non-hydrogen) atoms. The number of para-hydroxylation sites is 1. The number of carbonyl (C=O) groups excluding carboxylic acids is 2. The van der Waals surface area contributed by atoms with Crippen LogP contribution in [0.25, 0.3) is 5.69 Å². The molecule has 3 aromatic rings. The van der Waals surface area contributed by atoms with Gasteiger partial charge in [-0.1, -0.05) is 45.0 Å². The van der Waals surface area contributed by atoms with Gasteiger partial charge < -0.3 is 10.1 Å². The molecule has 0 aliphatic heterocycles. The topological polar surface area (TPSA) is 73.2 Å². The smallest absolute Gasteiger partial charge is 0.344 e. The number of carbonyl (C=O) groups is 2. The molecule has 1 amide bonds. The molecule has 6 nitrogen and oxygen atoms in total. The number of aromatic nitrogens is 2. The second kappa shape index (κ2) is 8.44. The summed E-state index contributed by atoms with van der Waals surface area (Å²) in [6.45, 7) is 5.25. The van der Waals surface area contributed by atoms with Gasteiger partial charge in [-0.2, -0.15) is 5.10 Å². The number of hydrogen-bond acceptors (Lipinski definition) is 4. The van der Waals surface area contributed by atoms with Gasteiger partial charge in [-0.3, -0.25) is 4.79 Å². The zero-order valence-electron chi connectivity index (χ0n) is 16.8. The van der Waals surface area contributed by atoms with E-state index in [4.69, 9.17) is 4.74 Å². The summed E-state index contributed by atoms with van der Waals surface area (Å²) in [5, 5.41) is 7.20. The molecule has 0 unspecified atom stereocenters. The Labute approximate surface area is 172 Å². The van der Waals surface area contributed by atoms with E-state index in [0.29, 0.717) is 5.82 Å². The number of benzene rings is 2. The molecule has 0 aliphatic carbocycles. The molecule has 156 valence electrons. The zero-order chi connectivity index (χ0) is 21.9. The predicted octanol–water partition coefficient (Wildman–Crippen LogP) is 4.24. The maximum atomic E-state index is 13.7. The van der Waals surface area contributed by atoms with Crippen LogP contribution in [0.1, 0.15) is 36.8 Å². The zero-order valence-corrected chi connectivity index (χ0v) is 16.8. The van der Waals surface area contributed by atoms with Crippen molar-refractivity contribution >= 4 is 17.7 Å². The molecule has 8 heteroatoms. The number of ether oxygens (including phenoxy) is 1. The van der Waals surface area contributed by atoms with E-state index in [0.717, 1.165) is 29.6 Å². The molecule has 2 aromatic carbocycles. The van der Waals surface area contributed by atoms with Crippen molar-refractivity contribution in [1.82, 2.24) is 9.78 Å². The van der Waals surface area contributed by atoms with Gasteiger partial charge in [0.1, 0.15) is 23.0 Å². The molecule has 3 rings (SSSR count). The van der Waals surface area contributed by atoms with E-state index in [1.807, 2.05) is 51.1 Å². The number of anilines is 1. The second-order valence-corrected chi connectivity index (χ2v) is 7.63. The first-order valence-electron chi connectivity index (χ1n) is 9.24. The highest BCUT2D eigenvalue weighted by Gasteiger charge is 2.23. The van der Waals surface area contributed by atoms with E-state index in [9.17, 15) is 18.4 Å². The van der Waals surface area contributed by atoms with Crippen molar-refractivity contribution in [2.75, 3.05) is 11.9 Å². The van der Waals surface area contributed by atoms with E-state index >= 15 is 0 Å². The van der Waals surface area contributed by atoms with Crippen molar-refractivity contribution in [2.24, 2.45) is 0 Å². The summed E-state index contributed by atoms with van der Waals surface area (Å²) in [6, 6.07) is 13.9. The van der Waals surface area contributed by atoms with Crippen molar-refractivity contribution in [3.63, 3.8) is 0 Å². The van der Waals surface area contributed by atoms with Crippen LogP contribution in [0.5, 0.6) is 0 Å². The summed E-state index contributed by atoms with van der Waals surface area (Å²) in [6.07, 6.45) is 0. The van der Waals surface area contributed by atoms with E-state index in [1.165, 1.54) is 0 Å². The summed E-state index contributed by atoms with van der Waals surface area (Å²) in [5.41, 5.74) is 0.365. The highest BCUT2D eigenvalue weighted by molar-refractivity contribution is 5.95. The molecule has 0 aliphatic rings. The highest BCUT2D eigenvalue weighted by Crippen LogP contribution is 2.26. The number of rotatable bonds is 5. The Morgan fingerprint density at radius 2 is 1.67 bits per heavy atom. The van der Waals surface area contributed by atoms with Crippen molar-refractivity contribution < 1.29 is 23.1 Å². The fourth-order valence-corrected chi connectivity index (χ4v) is 2.68. The molecular formula is C22H21F2N3O3. The van der Waals surface area contributed by atoms with E-state index in [2.05, 4.69) is 10.4 Å². The van der Waals surface area contributed by atoms with Crippen LogP contribution in [0.2, 0.25) is 0 Å². The third kappa shape index (κ3) is 4.71. The molecule has 0 bridgehead atoms. The van der Waals surface area contributed by atoms with E-state index < -0.39 is 35.7 Å². The van der Waals surface area contributed by atoms with E-state index in [1.54, 1.807) is 10.7 Å². The standard InChI is InChI=1S/C22H21F2N3O3/c1-22(2,3)17-12-18(27(26-17)14-8-5-4-6-9-14)25-19(28)13-30-21(29)20-15(23)10-7-11-16(20)24/h4-12H,13H2,1-3H3,(H,25,28). The van der Waals surface area contributed by atoms with Gasteiger partial charge in [-0.05, 0) is 24.3 Å². The highest BCUT2D eigenvalue weighted by atomic mass is 19.1. The van der Waals surface area contributed by atoms with Crippen LogP contribution < -0.4 is 5.32 Å². The Morgan fingerprint density at radius 1 is 1.03 bits per heavy atom. The predicted molar refractivity (Wildman–Crippen MR) is 108 cm³/mol. The summed E-state index contributed by atoms with van der Waals surface area (Å²) >= 11 is 0. The minimum absolute atomic E-state index is 0.270. The lowest BCUT2D eigenvalue weighted by Gasteiger charge is -2.14. The lowest BCUT2D eigenvalue weighted by molar-refractivity contribution is -0.119. The van der Waals surface area contributed by atoms with Crippen LogP contribution in [-0.4, -0.2) is 28.3 Å². The van der Waals surface area contributed by atoms with Gasteiger partial charge in [-0.15, -0.1) is 0 Å². The lowest BCUT2D eigenvalue weighted by atomic mass is 9.92. The summed E-state index contributed by atoms with van der Waals surface area (Å²) < 4.78 is 33.7. The van der Waals surface area contributed by atoms with Gasteiger partial charge in [0, 0.05) is 11.5 Å². The number of amides is 1. The van der Waals surface area contributed by atoms with Crippen LogP contribution in [-0.2, 0) is 14.9 Å². The Kier molecular flexibility index (Phi) is 5.96. The second-order valence-electron chi connectivity index (χ2n) is 7.63. The van der Waals surface area contributed by atoms with Gasteiger partial charge in [0.2, 0.25) is 0 Å². The average molecular weight is 413 g/mol.